The summed E-state index contributed by atoms with van der Waals surface area (Å²) in [6, 6.07) is 6.82. The molecular formula is C19H28N2O4. The van der Waals surface area contributed by atoms with Crippen molar-refractivity contribution in [1.29, 1.82) is 0 Å². The third kappa shape index (κ3) is 7.83. The highest BCUT2D eigenvalue weighted by Gasteiger charge is 2.18. The molecule has 0 heterocycles. The maximum Gasteiger partial charge on any atom is 0.307 e. The van der Waals surface area contributed by atoms with Crippen LogP contribution in [-0.4, -0.2) is 42.4 Å². The van der Waals surface area contributed by atoms with Gasteiger partial charge < -0.3 is 15.0 Å². The number of nitrogens with one attached hydrogen (secondary N) is 1. The molecule has 0 fully saturated rings. The fourth-order valence-corrected chi connectivity index (χ4v) is 2.30. The number of carbonyl (C=O) groups excluding carboxylic acids is 3. The van der Waals surface area contributed by atoms with Gasteiger partial charge in [0.15, 0.2) is 0 Å². The first-order chi connectivity index (χ1) is 11.8. The molecule has 0 radical (unpaired) electrons. The first kappa shape index (κ1) is 20.7. The molecule has 0 saturated heterocycles. The van der Waals surface area contributed by atoms with Crippen LogP contribution in [0.3, 0.4) is 0 Å². The average molecular weight is 348 g/mol. The third-order valence-electron chi connectivity index (χ3n) is 3.58. The van der Waals surface area contributed by atoms with E-state index in [0.29, 0.717) is 36.9 Å². The lowest BCUT2D eigenvalue weighted by Gasteiger charge is -2.23. The topological polar surface area (TPSA) is 75.7 Å². The predicted molar refractivity (Wildman–Crippen MR) is 97.4 cm³/mol. The zero-order valence-electron chi connectivity index (χ0n) is 15.5. The van der Waals surface area contributed by atoms with Crippen molar-refractivity contribution in [3.05, 3.63) is 29.8 Å². The molecule has 0 unspecified atom stereocenters. The molecule has 25 heavy (non-hydrogen) atoms. The number of anilines is 1. The van der Waals surface area contributed by atoms with Crippen molar-refractivity contribution >= 4 is 23.5 Å². The molecule has 0 aliphatic rings. The van der Waals surface area contributed by atoms with Crippen LogP contribution in [0, 0.1) is 5.92 Å². The number of benzene rings is 1. The summed E-state index contributed by atoms with van der Waals surface area (Å²) < 4.78 is 4.94. The maximum absolute atomic E-state index is 12.8. The summed E-state index contributed by atoms with van der Waals surface area (Å²) >= 11 is 0. The molecular weight excluding hydrogens is 320 g/mol. The van der Waals surface area contributed by atoms with Gasteiger partial charge in [0, 0.05) is 31.3 Å². The van der Waals surface area contributed by atoms with E-state index in [0.717, 1.165) is 6.42 Å². The van der Waals surface area contributed by atoms with Gasteiger partial charge in [0.05, 0.1) is 13.0 Å². The maximum atomic E-state index is 12.8. The number of ether oxygens (including phenoxy) is 1. The van der Waals surface area contributed by atoms with Gasteiger partial charge in [0.25, 0.3) is 5.91 Å². The molecule has 1 aromatic rings. The molecule has 0 atom stereocenters. The Hall–Kier alpha value is -2.37. The number of hydrogen-bond donors (Lipinski definition) is 1. The van der Waals surface area contributed by atoms with Crippen LogP contribution in [0.2, 0.25) is 0 Å². The Morgan fingerprint density at radius 3 is 2.52 bits per heavy atom. The Labute approximate surface area is 149 Å². The van der Waals surface area contributed by atoms with Crippen molar-refractivity contribution in [3.8, 4) is 0 Å². The highest BCUT2D eigenvalue weighted by molar-refractivity contribution is 5.97. The Morgan fingerprint density at radius 2 is 1.92 bits per heavy atom. The summed E-state index contributed by atoms with van der Waals surface area (Å²) in [5.74, 6) is -0.207. The van der Waals surface area contributed by atoms with Crippen molar-refractivity contribution in [2.45, 2.75) is 40.5 Å². The van der Waals surface area contributed by atoms with E-state index in [-0.39, 0.29) is 24.2 Å². The standard InChI is InChI=1S/C19H28N2O4/c1-5-25-18(23)10-12-21(11-9-14(2)3)19(24)16-7-6-8-17(13-16)20-15(4)22/h6-8,13-14H,5,9-12H2,1-4H3,(H,20,22). The van der Waals surface area contributed by atoms with E-state index in [1.807, 2.05) is 0 Å². The van der Waals surface area contributed by atoms with Gasteiger partial charge in [-0.25, -0.2) is 0 Å². The van der Waals surface area contributed by atoms with Crippen LogP contribution in [0.1, 0.15) is 50.9 Å². The number of carbonyl (C=O) groups is 3. The lowest BCUT2D eigenvalue weighted by Crippen LogP contribution is -2.34. The molecule has 0 aromatic heterocycles. The van der Waals surface area contributed by atoms with E-state index >= 15 is 0 Å². The highest BCUT2D eigenvalue weighted by Crippen LogP contribution is 2.14. The van der Waals surface area contributed by atoms with Crippen LogP contribution in [0.5, 0.6) is 0 Å². The summed E-state index contributed by atoms with van der Waals surface area (Å²) in [4.78, 5) is 37.3. The first-order valence-electron chi connectivity index (χ1n) is 8.66. The number of rotatable bonds is 9. The van der Waals surface area contributed by atoms with Crippen LogP contribution in [0.25, 0.3) is 0 Å². The summed E-state index contributed by atoms with van der Waals surface area (Å²) in [6.07, 6.45) is 1.02. The fourth-order valence-electron chi connectivity index (χ4n) is 2.30. The normalized spacial score (nSPS) is 10.4. The predicted octanol–water partition coefficient (Wildman–Crippen LogP) is 3.09. The Morgan fingerprint density at radius 1 is 1.20 bits per heavy atom. The summed E-state index contributed by atoms with van der Waals surface area (Å²) in [5.41, 5.74) is 1.06. The van der Waals surface area contributed by atoms with Gasteiger partial charge in [-0.1, -0.05) is 19.9 Å². The molecule has 1 N–H and O–H groups in total. The van der Waals surface area contributed by atoms with E-state index in [9.17, 15) is 14.4 Å². The van der Waals surface area contributed by atoms with Crippen molar-refractivity contribution in [1.82, 2.24) is 4.90 Å². The van der Waals surface area contributed by atoms with E-state index in [1.165, 1.54) is 6.92 Å². The summed E-state index contributed by atoms with van der Waals surface area (Å²) in [5, 5.41) is 2.67. The second-order valence-corrected chi connectivity index (χ2v) is 6.29. The van der Waals surface area contributed by atoms with E-state index in [4.69, 9.17) is 4.74 Å². The number of hydrogen-bond acceptors (Lipinski definition) is 4. The van der Waals surface area contributed by atoms with Crippen LogP contribution in [0.15, 0.2) is 24.3 Å². The lowest BCUT2D eigenvalue weighted by atomic mass is 10.1. The minimum Gasteiger partial charge on any atom is -0.466 e. The van der Waals surface area contributed by atoms with E-state index in [2.05, 4.69) is 19.2 Å². The van der Waals surface area contributed by atoms with Crippen molar-refractivity contribution in [2.24, 2.45) is 5.92 Å². The molecule has 0 aliphatic heterocycles. The monoisotopic (exact) mass is 348 g/mol. The second-order valence-electron chi connectivity index (χ2n) is 6.29. The minimum absolute atomic E-state index is 0.155. The molecule has 1 rings (SSSR count). The quantitative estimate of drug-likeness (QED) is 0.696. The van der Waals surface area contributed by atoms with Gasteiger partial charge in [-0.05, 0) is 37.5 Å². The first-order valence-corrected chi connectivity index (χ1v) is 8.66. The average Bonchev–Trinajstić information content (AvgIpc) is 2.54. The van der Waals surface area contributed by atoms with Crippen molar-refractivity contribution in [3.63, 3.8) is 0 Å². The number of amides is 2. The van der Waals surface area contributed by atoms with Gasteiger partial charge in [-0.15, -0.1) is 0 Å². The smallest absolute Gasteiger partial charge is 0.307 e. The van der Waals surface area contributed by atoms with E-state index < -0.39 is 0 Å². The van der Waals surface area contributed by atoms with Crippen LogP contribution in [0.4, 0.5) is 5.69 Å². The van der Waals surface area contributed by atoms with Crippen molar-refractivity contribution < 1.29 is 19.1 Å². The third-order valence-corrected chi connectivity index (χ3v) is 3.58. The highest BCUT2D eigenvalue weighted by atomic mass is 16.5. The Bertz CT molecular complexity index is 599. The molecule has 0 spiro atoms. The fraction of sp³-hybridized carbons (Fsp3) is 0.526. The van der Waals surface area contributed by atoms with Gasteiger partial charge in [0.2, 0.25) is 5.91 Å². The van der Waals surface area contributed by atoms with Crippen LogP contribution >= 0.6 is 0 Å². The SMILES string of the molecule is CCOC(=O)CCN(CCC(C)C)C(=O)c1cccc(NC(C)=O)c1. The molecule has 138 valence electrons. The molecule has 6 heteroatoms. The Kier molecular flexibility index (Phi) is 8.67. The summed E-state index contributed by atoms with van der Waals surface area (Å²) in [6.45, 7) is 8.57. The molecule has 1 aromatic carbocycles. The van der Waals surface area contributed by atoms with Crippen molar-refractivity contribution in [2.75, 3.05) is 25.0 Å². The zero-order chi connectivity index (χ0) is 18.8. The number of nitrogens with zero attached hydrogens (tertiary/aromatic N) is 1. The lowest BCUT2D eigenvalue weighted by molar-refractivity contribution is -0.143. The molecule has 0 aliphatic carbocycles. The Balaban J connectivity index is 2.86. The van der Waals surface area contributed by atoms with Gasteiger partial charge in [0.1, 0.15) is 0 Å². The molecule has 2 amide bonds. The molecule has 6 nitrogen and oxygen atoms in total. The van der Waals surface area contributed by atoms with Gasteiger partial charge in [-0.2, -0.15) is 0 Å². The number of esters is 1. The summed E-state index contributed by atoms with van der Waals surface area (Å²) in [7, 11) is 0. The zero-order valence-corrected chi connectivity index (χ0v) is 15.5. The minimum atomic E-state index is -0.308. The second kappa shape index (κ2) is 10.5. The van der Waals surface area contributed by atoms with Gasteiger partial charge >= 0.3 is 5.97 Å². The van der Waals surface area contributed by atoms with Crippen LogP contribution in [-0.2, 0) is 14.3 Å². The van der Waals surface area contributed by atoms with Gasteiger partial charge in [-0.3, -0.25) is 14.4 Å². The molecule has 0 saturated carbocycles. The molecule has 0 bridgehead atoms. The van der Waals surface area contributed by atoms with E-state index in [1.54, 1.807) is 36.1 Å². The largest absolute Gasteiger partial charge is 0.466 e. The van der Waals surface area contributed by atoms with Crippen LogP contribution < -0.4 is 5.32 Å².